The second-order valence-electron chi connectivity index (χ2n) is 4.55. The Morgan fingerprint density at radius 2 is 1.71 bits per heavy atom. The minimum atomic E-state index is -4.43. The van der Waals surface area contributed by atoms with E-state index >= 15 is 0 Å². The summed E-state index contributed by atoms with van der Waals surface area (Å²) in [5.41, 5.74) is 0.593. The fraction of sp³-hybridized carbons (Fsp3) is 0.125. The first-order valence-corrected chi connectivity index (χ1v) is 6.31. The monoisotopic (exact) mass is 292 g/mol. The smallest absolute Gasteiger partial charge is 0.429 e. The van der Waals surface area contributed by atoms with Crippen LogP contribution in [0.1, 0.15) is 5.56 Å². The van der Waals surface area contributed by atoms with E-state index in [0.29, 0.717) is 17.1 Å². The number of fused-ring (bicyclic) bond motifs is 1. The van der Waals surface area contributed by atoms with Crippen LogP contribution < -0.4 is 9.47 Å². The lowest BCUT2D eigenvalue weighted by Gasteiger charge is -2.23. The van der Waals surface area contributed by atoms with Crippen LogP contribution >= 0.6 is 0 Å². The van der Waals surface area contributed by atoms with E-state index in [1.807, 2.05) is 18.2 Å². The van der Waals surface area contributed by atoms with Crippen molar-refractivity contribution in [3.63, 3.8) is 0 Å². The lowest BCUT2D eigenvalue weighted by Crippen LogP contribution is -2.33. The number of benzene rings is 2. The highest BCUT2D eigenvalue weighted by Gasteiger charge is 2.41. The standard InChI is InChI=1S/C16H11F3O2/c17-16(18,19)15-9-7-11-6-8-13(10-14(11)21-15)20-12-4-2-1-3-5-12/h1-10,15H/t15-/m0/s1. The van der Waals surface area contributed by atoms with Crippen LogP contribution in [-0.4, -0.2) is 12.3 Å². The van der Waals surface area contributed by atoms with E-state index in [2.05, 4.69) is 0 Å². The van der Waals surface area contributed by atoms with Gasteiger partial charge in [-0.1, -0.05) is 24.3 Å². The van der Waals surface area contributed by atoms with Crippen molar-refractivity contribution in [2.24, 2.45) is 0 Å². The molecule has 0 fully saturated rings. The zero-order chi connectivity index (χ0) is 14.9. The van der Waals surface area contributed by atoms with Crippen molar-refractivity contribution in [3.05, 3.63) is 60.2 Å². The predicted octanol–water partition coefficient (Wildman–Crippen LogP) is 4.82. The Balaban J connectivity index is 1.84. The van der Waals surface area contributed by atoms with Gasteiger partial charge in [-0.2, -0.15) is 13.2 Å². The van der Waals surface area contributed by atoms with Crippen LogP contribution in [0.4, 0.5) is 13.2 Å². The van der Waals surface area contributed by atoms with Crippen molar-refractivity contribution in [1.82, 2.24) is 0 Å². The zero-order valence-electron chi connectivity index (χ0n) is 10.8. The van der Waals surface area contributed by atoms with Crippen LogP contribution in [0.25, 0.3) is 6.08 Å². The van der Waals surface area contributed by atoms with Gasteiger partial charge >= 0.3 is 6.18 Å². The Morgan fingerprint density at radius 3 is 2.43 bits per heavy atom. The molecule has 108 valence electrons. The molecule has 0 N–H and O–H groups in total. The molecular weight excluding hydrogens is 281 g/mol. The first-order chi connectivity index (χ1) is 10.0. The van der Waals surface area contributed by atoms with Crippen LogP contribution in [0.5, 0.6) is 17.2 Å². The van der Waals surface area contributed by atoms with E-state index < -0.39 is 12.3 Å². The van der Waals surface area contributed by atoms with Gasteiger partial charge in [-0.3, -0.25) is 0 Å². The molecular formula is C16H11F3O2. The van der Waals surface area contributed by atoms with Crippen molar-refractivity contribution >= 4 is 6.08 Å². The Labute approximate surface area is 119 Å². The maximum Gasteiger partial charge on any atom is 0.429 e. The fourth-order valence-electron chi connectivity index (χ4n) is 1.99. The number of hydrogen-bond acceptors (Lipinski definition) is 2. The van der Waals surface area contributed by atoms with Gasteiger partial charge in [0, 0.05) is 11.6 Å². The molecule has 2 aromatic carbocycles. The Morgan fingerprint density at radius 1 is 0.952 bits per heavy atom. The van der Waals surface area contributed by atoms with Crippen LogP contribution in [-0.2, 0) is 0 Å². The first kappa shape index (κ1) is 13.5. The molecule has 0 saturated heterocycles. The quantitative estimate of drug-likeness (QED) is 0.790. The summed E-state index contributed by atoms with van der Waals surface area (Å²) in [6.07, 6.45) is -3.94. The van der Waals surface area contributed by atoms with Gasteiger partial charge in [-0.15, -0.1) is 0 Å². The molecule has 0 aliphatic carbocycles. The van der Waals surface area contributed by atoms with Crippen molar-refractivity contribution < 1.29 is 22.6 Å². The predicted molar refractivity (Wildman–Crippen MR) is 72.5 cm³/mol. The second kappa shape index (κ2) is 5.16. The Kier molecular flexibility index (Phi) is 3.33. The second-order valence-corrected chi connectivity index (χ2v) is 4.55. The van der Waals surface area contributed by atoms with Crippen LogP contribution in [0.15, 0.2) is 54.6 Å². The maximum atomic E-state index is 12.7. The summed E-state index contributed by atoms with van der Waals surface area (Å²) in [7, 11) is 0. The largest absolute Gasteiger partial charge is 0.476 e. The summed E-state index contributed by atoms with van der Waals surface area (Å²) in [4.78, 5) is 0. The topological polar surface area (TPSA) is 18.5 Å². The van der Waals surface area contributed by atoms with Gasteiger partial charge in [-0.05, 0) is 30.3 Å². The molecule has 1 atom stereocenters. The molecule has 0 saturated carbocycles. The lowest BCUT2D eigenvalue weighted by molar-refractivity contribution is -0.180. The van der Waals surface area contributed by atoms with E-state index in [-0.39, 0.29) is 5.75 Å². The molecule has 0 radical (unpaired) electrons. The van der Waals surface area contributed by atoms with Gasteiger partial charge in [-0.25, -0.2) is 0 Å². The van der Waals surface area contributed by atoms with Crippen LogP contribution in [0.3, 0.4) is 0 Å². The van der Waals surface area contributed by atoms with Crippen molar-refractivity contribution in [1.29, 1.82) is 0 Å². The third kappa shape index (κ3) is 3.02. The van der Waals surface area contributed by atoms with Crippen LogP contribution in [0, 0.1) is 0 Å². The van der Waals surface area contributed by atoms with Crippen molar-refractivity contribution in [2.45, 2.75) is 12.3 Å². The van der Waals surface area contributed by atoms with E-state index in [1.165, 1.54) is 12.1 Å². The van der Waals surface area contributed by atoms with E-state index in [1.54, 1.807) is 24.3 Å². The van der Waals surface area contributed by atoms with Crippen LogP contribution in [0.2, 0.25) is 0 Å². The summed E-state index contributed by atoms with van der Waals surface area (Å²) in [5.74, 6) is 1.20. The summed E-state index contributed by atoms with van der Waals surface area (Å²) in [5, 5.41) is 0. The molecule has 2 nitrogen and oxygen atoms in total. The molecule has 5 heteroatoms. The average Bonchev–Trinajstić information content (AvgIpc) is 2.46. The summed E-state index contributed by atoms with van der Waals surface area (Å²) in [6, 6.07) is 13.8. The third-order valence-corrected chi connectivity index (χ3v) is 2.99. The molecule has 0 bridgehead atoms. The number of alkyl halides is 3. The molecule has 1 aliphatic heterocycles. The normalized spacial score (nSPS) is 17.0. The fourth-order valence-corrected chi connectivity index (χ4v) is 1.99. The molecule has 0 aromatic heterocycles. The number of hydrogen-bond donors (Lipinski definition) is 0. The first-order valence-electron chi connectivity index (χ1n) is 6.31. The van der Waals surface area contributed by atoms with E-state index in [0.717, 1.165) is 6.08 Å². The van der Waals surface area contributed by atoms with Gasteiger partial charge in [0.1, 0.15) is 17.2 Å². The van der Waals surface area contributed by atoms with Gasteiger partial charge in [0.25, 0.3) is 0 Å². The van der Waals surface area contributed by atoms with Gasteiger partial charge in [0.2, 0.25) is 6.10 Å². The minimum absolute atomic E-state index is 0.160. The Bertz CT molecular complexity index is 663. The number of halogens is 3. The number of rotatable bonds is 2. The SMILES string of the molecule is FC(F)(F)[C@@H]1C=Cc2ccc(Oc3ccccc3)cc2O1. The minimum Gasteiger partial charge on any atom is -0.476 e. The molecule has 0 spiro atoms. The molecule has 2 aromatic rings. The highest BCUT2D eigenvalue weighted by molar-refractivity contribution is 5.62. The highest BCUT2D eigenvalue weighted by Crippen LogP contribution is 2.36. The summed E-state index contributed by atoms with van der Waals surface area (Å²) in [6.45, 7) is 0. The molecule has 0 amide bonds. The lowest BCUT2D eigenvalue weighted by atomic mass is 10.1. The Hall–Kier alpha value is -2.43. The van der Waals surface area contributed by atoms with Crippen molar-refractivity contribution in [2.75, 3.05) is 0 Å². The molecule has 1 heterocycles. The molecule has 21 heavy (non-hydrogen) atoms. The molecule has 0 unspecified atom stereocenters. The van der Waals surface area contributed by atoms with Crippen molar-refractivity contribution in [3.8, 4) is 17.2 Å². The van der Waals surface area contributed by atoms with Gasteiger partial charge in [0.15, 0.2) is 0 Å². The third-order valence-electron chi connectivity index (χ3n) is 2.99. The number of para-hydroxylation sites is 1. The van der Waals surface area contributed by atoms with E-state index in [9.17, 15) is 13.2 Å². The van der Waals surface area contributed by atoms with Gasteiger partial charge < -0.3 is 9.47 Å². The highest BCUT2D eigenvalue weighted by atomic mass is 19.4. The molecule has 1 aliphatic rings. The van der Waals surface area contributed by atoms with Gasteiger partial charge in [0.05, 0.1) is 0 Å². The number of ether oxygens (including phenoxy) is 2. The molecule has 3 rings (SSSR count). The van der Waals surface area contributed by atoms with E-state index in [4.69, 9.17) is 9.47 Å². The maximum absolute atomic E-state index is 12.7. The average molecular weight is 292 g/mol. The zero-order valence-corrected chi connectivity index (χ0v) is 10.8. The summed E-state index contributed by atoms with van der Waals surface area (Å²) >= 11 is 0. The summed E-state index contributed by atoms with van der Waals surface area (Å²) < 4.78 is 48.6.